The molecule has 22 heavy (non-hydrogen) atoms. The fourth-order valence-corrected chi connectivity index (χ4v) is 2.54. The summed E-state index contributed by atoms with van der Waals surface area (Å²) in [6.45, 7) is 9.53. The van der Waals surface area contributed by atoms with Gasteiger partial charge in [0.1, 0.15) is 6.42 Å². The van der Waals surface area contributed by atoms with Crippen LogP contribution in [0, 0.1) is 6.92 Å². The largest absolute Gasteiger partial charge is 0.342 e. The highest BCUT2D eigenvalue weighted by Gasteiger charge is 2.17. The maximum absolute atomic E-state index is 12.2. The maximum atomic E-state index is 12.2. The Balaban J connectivity index is 2.72. The molecule has 122 valence electrons. The number of benzene rings is 1. The summed E-state index contributed by atoms with van der Waals surface area (Å²) in [5, 5.41) is 2.91. The molecule has 2 amide bonds. The second-order valence-electron chi connectivity index (χ2n) is 5.57. The molecule has 0 radical (unpaired) electrons. The quantitative estimate of drug-likeness (QED) is 0.747. The lowest BCUT2D eigenvalue weighted by Crippen LogP contribution is -2.35. The van der Waals surface area contributed by atoms with E-state index in [1.165, 1.54) is 0 Å². The molecule has 1 N–H and O–H groups in total. The predicted molar refractivity (Wildman–Crippen MR) is 91.0 cm³/mol. The van der Waals surface area contributed by atoms with Crippen molar-refractivity contribution in [2.45, 2.75) is 53.4 Å². The van der Waals surface area contributed by atoms with Gasteiger partial charge in [-0.2, -0.15) is 0 Å². The Hall–Kier alpha value is -1.84. The standard InChI is InChI=1S/C18H28N2O2/c1-5-11-20(12-6-2)17(22)13-16(21)19-18-14(4)9-8-10-15(18)7-3/h8-10H,5-7,11-13H2,1-4H3,(H,19,21). The molecule has 0 saturated heterocycles. The van der Waals surface area contributed by atoms with Crippen molar-refractivity contribution in [3.8, 4) is 0 Å². The molecule has 4 heteroatoms. The summed E-state index contributed by atoms with van der Waals surface area (Å²) >= 11 is 0. The van der Waals surface area contributed by atoms with Gasteiger partial charge in [0.2, 0.25) is 11.8 Å². The molecule has 4 nitrogen and oxygen atoms in total. The van der Waals surface area contributed by atoms with Gasteiger partial charge in [0, 0.05) is 18.8 Å². The Morgan fingerprint density at radius 2 is 1.73 bits per heavy atom. The average Bonchev–Trinajstić information content (AvgIpc) is 2.49. The Morgan fingerprint density at radius 1 is 1.09 bits per heavy atom. The first-order valence-corrected chi connectivity index (χ1v) is 8.19. The van der Waals surface area contributed by atoms with Gasteiger partial charge in [0.15, 0.2) is 0 Å². The summed E-state index contributed by atoms with van der Waals surface area (Å²) in [7, 11) is 0. The molecule has 0 aliphatic heterocycles. The van der Waals surface area contributed by atoms with Gasteiger partial charge in [0.05, 0.1) is 0 Å². The molecule has 0 aliphatic rings. The third-order valence-electron chi connectivity index (χ3n) is 3.66. The molecule has 0 aromatic heterocycles. The Morgan fingerprint density at radius 3 is 2.27 bits per heavy atom. The summed E-state index contributed by atoms with van der Waals surface area (Å²) in [6.07, 6.45) is 2.58. The third-order valence-corrected chi connectivity index (χ3v) is 3.66. The lowest BCUT2D eigenvalue weighted by atomic mass is 10.1. The van der Waals surface area contributed by atoms with Gasteiger partial charge >= 0.3 is 0 Å². The fourth-order valence-electron chi connectivity index (χ4n) is 2.54. The minimum absolute atomic E-state index is 0.0858. The van der Waals surface area contributed by atoms with E-state index in [9.17, 15) is 9.59 Å². The Kier molecular flexibility index (Phi) is 7.64. The van der Waals surface area contributed by atoms with Gasteiger partial charge in [-0.15, -0.1) is 0 Å². The number of hydrogen-bond donors (Lipinski definition) is 1. The second kappa shape index (κ2) is 9.23. The zero-order chi connectivity index (χ0) is 16.5. The van der Waals surface area contributed by atoms with Crippen LogP contribution in [0.15, 0.2) is 18.2 Å². The van der Waals surface area contributed by atoms with Crippen LogP contribution >= 0.6 is 0 Å². The first kappa shape index (κ1) is 18.2. The van der Waals surface area contributed by atoms with E-state index < -0.39 is 0 Å². The van der Waals surface area contributed by atoms with Gasteiger partial charge < -0.3 is 10.2 Å². The van der Waals surface area contributed by atoms with Gasteiger partial charge in [0.25, 0.3) is 0 Å². The van der Waals surface area contributed by atoms with Crippen molar-refractivity contribution in [1.82, 2.24) is 4.90 Å². The number of anilines is 1. The van der Waals surface area contributed by atoms with Crippen LogP contribution in [0.1, 0.15) is 51.2 Å². The van der Waals surface area contributed by atoms with Gasteiger partial charge in [-0.05, 0) is 37.3 Å². The van der Waals surface area contributed by atoms with Gasteiger partial charge in [-0.25, -0.2) is 0 Å². The van der Waals surface area contributed by atoms with Gasteiger partial charge in [-0.1, -0.05) is 39.0 Å². The topological polar surface area (TPSA) is 49.4 Å². The molecule has 0 aliphatic carbocycles. The minimum Gasteiger partial charge on any atom is -0.342 e. The van der Waals surface area contributed by atoms with E-state index in [-0.39, 0.29) is 18.2 Å². The Bertz CT molecular complexity index is 506. The number of carbonyl (C=O) groups excluding carboxylic acids is 2. The SMILES string of the molecule is CCCN(CCC)C(=O)CC(=O)Nc1c(C)cccc1CC. The highest BCUT2D eigenvalue weighted by Crippen LogP contribution is 2.21. The third kappa shape index (κ3) is 5.17. The highest BCUT2D eigenvalue weighted by atomic mass is 16.2. The van der Waals surface area contributed by atoms with Crippen LogP contribution in [0.5, 0.6) is 0 Å². The van der Waals surface area contributed by atoms with E-state index >= 15 is 0 Å². The average molecular weight is 304 g/mol. The second-order valence-corrected chi connectivity index (χ2v) is 5.57. The van der Waals surface area contributed by atoms with E-state index in [4.69, 9.17) is 0 Å². The lowest BCUT2D eigenvalue weighted by Gasteiger charge is -2.21. The number of para-hydroxylation sites is 1. The molecular formula is C18H28N2O2. The predicted octanol–water partition coefficient (Wildman–Crippen LogP) is 3.53. The Labute approximate surface area is 133 Å². The van der Waals surface area contributed by atoms with Crippen molar-refractivity contribution < 1.29 is 9.59 Å². The highest BCUT2D eigenvalue weighted by molar-refractivity contribution is 6.04. The lowest BCUT2D eigenvalue weighted by molar-refractivity contribution is -0.134. The van der Waals surface area contributed by atoms with E-state index in [2.05, 4.69) is 12.2 Å². The van der Waals surface area contributed by atoms with Crippen LogP contribution in [0.3, 0.4) is 0 Å². The van der Waals surface area contributed by atoms with Crippen molar-refractivity contribution >= 4 is 17.5 Å². The maximum Gasteiger partial charge on any atom is 0.233 e. The molecule has 1 rings (SSSR count). The summed E-state index contributed by atoms with van der Waals surface area (Å²) in [5.74, 6) is -0.320. The molecule has 0 fully saturated rings. The molecule has 0 atom stereocenters. The number of aryl methyl sites for hydroxylation is 2. The first-order valence-electron chi connectivity index (χ1n) is 8.19. The van der Waals surface area contributed by atoms with Crippen LogP contribution in [-0.4, -0.2) is 29.8 Å². The van der Waals surface area contributed by atoms with E-state index in [0.717, 1.165) is 36.1 Å². The van der Waals surface area contributed by atoms with E-state index in [0.29, 0.717) is 13.1 Å². The molecule has 0 unspecified atom stereocenters. The van der Waals surface area contributed by atoms with Crippen LogP contribution in [0.2, 0.25) is 0 Å². The van der Waals surface area contributed by atoms with Crippen LogP contribution < -0.4 is 5.32 Å². The van der Waals surface area contributed by atoms with E-state index in [1.54, 1.807) is 4.90 Å². The molecule has 0 heterocycles. The van der Waals surface area contributed by atoms with Crippen LogP contribution in [0.4, 0.5) is 5.69 Å². The molecule has 1 aromatic rings. The van der Waals surface area contributed by atoms with Crippen LogP contribution in [-0.2, 0) is 16.0 Å². The van der Waals surface area contributed by atoms with Crippen molar-refractivity contribution in [1.29, 1.82) is 0 Å². The smallest absolute Gasteiger partial charge is 0.233 e. The molecule has 0 saturated carbocycles. The molecular weight excluding hydrogens is 276 g/mol. The monoisotopic (exact) mass is 304 g/mol. The fraction of sp³-hybridized carbons (Fsp3) is 0.556. The molecule has 1 aromatic carbocycles. The van der Waals surface area contributed by atoms with Gasteiger partial charge in [-0.3, -0.25) is 9.59 Å². The normalized spacial score (nSPS) is 10.4. The number of nitrogens with one attached hydrogen (secondary N) is 1. The van der Waals surface area contributed by atoms with Crippen molar-refractivity contribution in [3.05, 3.63) is 29.3 Å². The summed E-state index contributed by atoms with van der Waals surface area (Å²) in [6, 6.07) is 5.96. The summed E-state index contributed by atoms with van der Waals surface area (Å²) in [4.78, 5) is 26.2. The van der Waals surface area contributed by atoms with E-state index in [1.807, 2.05) is 39.0 Å². The van der Waals surface area contributed by atoms with Crippen molar-refractivity contribution in [3.63, 3.8) is 0 Å². The summed E-state index contributed by atoms with van der Waals surface area (Å²) in [5.41, 5.74) is 2.97. The van der Waals surface area contributed by atoms with Crippen LogP contribution in [0.25, 0.3) is 0 Å². The number of carbonyl (C=O) groups is 2. The zero-order valence-corrected chi connectivity index (χ0v) is 14.2. The van der Waals surface area contributed by atoms with Crippen molar-refractivity contribution in [2.24, 2.45) is 0 Å². The molecule has 0 spiro atoms. The minimum atomic E-state index is -0.230. The zero-order valence-electron chi connectivity index (χ0n) is 14.2. The van der Waals surface area contributed by atoms with Crippen molar-refractivity contribution in [2.75, 3.05) is 18.4 Å². The first-order chi connectivity index (χ1) is 10.5. The number of nitrogens with zero attached hydrogens (tertiary/aromatic N) is 1. The molecule has 0 bridgehead atoms. The number of amides is 2. The number of rotatable bonds is 8. The summed E-state index contributed by atoms with van der Waals surface area (Å²) < 4.78 is 0. The number of hydrogen-bond acceptors (Lipinski definition) is 2.